The van der Waals surface area contributed by atoms with Crippen LogP contribution in [0.2, 0.25) is 0 Å². The lowest BCUT2D eigenvalue weighted by Crippen LogP contribution is -2.32. The molecule has 8 aromatic rings. The van der Waals surface area contributed by atoms with Gasteiger partial charge in [0.15, 0.2) is 0 Å². The van der Waals surface area contributed by atoms with Crippen molar-refractivity contribution in [2.45, 2.75) is 45.0 Å². The second kappa shape index (κ2) is 21.3. The predicted molar refractivity (Wildman–Crippen MR) is 255 cm³/mol. The SMILES string of the molecule is [2H]C([2H])(CNCCCNC(=O)CCCOc1ccc(CN(CCc2ccccc2)C(=O)c2ccc(-c3coc4ccccc34)cc2)c(OC)c1)Cc1c2ccccc2cc2ccccc12. The van der Waals surface area contributed by atoms with Crippen LogP contribution >= 0.6 is 0 Å². The first kappa shape index (κ1) is 40.2. The number of amides is 2. The molecule has 0 bridgehead atoms. The van der Waals surface area contributed by atoms with E-state index in [4.69, 9.17) is 16.6 Å². The maximum Gasteiger partial charge on any atom is 0.254 e. The molecule has 0 fully saturated rings. The Hall–Kier alpha value is -6.90. The van der Waals surface area contributed by atoms with Crippen molar-refractivity contribution < 1.29 is 26.2 Å². The Bertz CT molecular complexity index is 2810. The van der Waals surface area contributed by atoms with Crippen LogP contribution < -0.4 is 20.1 Å². The molecule has 1 aromatic heterocycles. The highest BCUT2D eigenvalue weighted by Crippen LogP contribution is 2.32. The maximum atomic E-state index is 14.1. The zero-order chi connectivity index (χ0) is 45.0. The van der Waals surface area contributed by atoms with E-state index in [2.05, 4.69) is 53.1 Å². The van der Waals surface area contributed by atoms with Crippen molar-refractivity contribution in [2.75, 3.05) is 39.9 Å². The normalized spacial score (nSPS) is 12.0. The lowest BCUT2D eigenvalue weighted by Gasteiger charge is -2.24. The summed E-state index contributed by atoms with van der Waals surface area (Å²) in [6.07, 6.45) is 2.85. The molecule has 1 heterocycles. The van der Waals surface area contributed by atoms with Crippen LogP contribution in [-0.2, 0) is 24.2 Å². The molecule has 0 unspecified atom stereocenters. The lowest BCUT2D eigenvalue weighted by atomic mass is 9.94. The zero-order valence-electron chi connectivity index (χ0n) is 37.8. The molecule has 2 amide bonds. The van der Waals surface area contributed by atoms with E-state index in [1.165, 1.54) is 0 Å². The Kier molecular flexibility index (Phi) is 13.6. The van der Waals surface area contributed by atoms with Gasteiger partial charge < -0.3 is 29.4 Å². The van der Waals surface area contributed by atoms with Gasteiger partial charge in [0, 0.05) is 56.9 Å². The lowest BCUT2D eigenvalue weighted by molar-refractivity contribution is -0.121. The fourth-order valence-electron chi connectivity index (χ4n) is 8.10. The van der Waals surface area contributed by atoms with E-state index >= 15 is 0 Å². The Morgan fingerprint density at radius 2 is 1.43 bits per heavy atom. The molecule has 0 saturated carbocycles. The van der Waals surface area contributed by atoms with Gasteiger partial charge in [-0.05, 0) is 120 Å². The van der Waals surface area contributed by atoms with Gasteiger partial charge in [-0.1, -0.05) is 109 Å². The van der Waals surface area contributed by atoms with Gasteiger partial charge in [0.1, 0.15) is 17.1 Å². The molecule has 0 radical (unpaired) electrons. The van der Waals surface area contributed by atoms with Crippen molar-refractivity contribution in [3.63, 3.8) is 0 Å². The first-order valence-corrected chi connectivity index (χ1v) is 21.8. The Morgan fingerprint density at radius 3 is 2.19 bits per heavy atom. The van der Waals surface area contributed by atoms with Gasteiger partial charge in [0.2, 0.25) is 5.91 Å². The van der Waals surface area contributed by atoms with Gasteiger partial charge >= 0.3 is 0 Å². The van der Waals surface area contributed by atoms with Gasteiger partial charge in [0.25, 0.3) is 5.91 Å². The highest BCUT2D eigenvalue weighted by Gasteiger charge is 2.20. The maximum absolute atomic E-state index is 14.1. The number of rotatable bonds is 21. The van der Waals surface area contributed by atoms with Crippen LogP contribution in [-0.4, -0.2) is 56.6 Å². The highest BCUT2D eigenvalue weighted by molar-refractivity contribution is 6.02. The van der Waals surface area contributed by atoms with E-state index < -0.39 is 6.37 Å². The van der Waals surface area contributed by atoms with Crippen molar-refractivity contribution in [3.05, 3.63) is 180 Å². The minimum atomic E-state index is -1.45. The van der Waals surface area contributed by atoms with Crippen LogP contribution in [0.3, 0.4) is 0 Å². The fourth-order valence-corrected chi connectivity index (χ4v) is 8.10. The number of benzene rings is 7. The number of furan rings is 1. The van der Waals surface area contributed by atoms with E-state index in [1.54, 1.807) is 13.4 Å². The number of methoxy groups -OCH3 is 1. The third-order valence-electron chi connectivity index (χ3n) is 11.4. The van der Waals surface area contributed by atoms with Crippen LogP contribution in [0.1, 0.15) is 55.4 Å². The van der Waals surface area contributed by atoms with E-state index in [1.807, 2.05) is 114 Å². The molecule has 7 aromatic carbocycles. The number of aryl methyl sites for hydroxylation is 1. The van der Waals surface area contributed by atoms with Crippen LogP contribution in [0.25, 0.3) is 43.6 Å². The molecule has 8 nitrogen and oxygen atoms in total. The van der Waals surface area contributed by atoms with E-state index in [0.717, 1.165) is 60.3 Å². The number of carbonyl (C=O) groups excluding carboxylic acids is 2. The molecule has 8 heteroatoms. The highest BCUT2D eigenvalue weighted by atomic mass is 16.5. The summed E-state index contributed by atoms with van der Waals surface area (Å²) in [6.45, 7) is 2.51. The van der Waals surface area contributed by atoms with Crippen molar-refractivity contribution >= 4 is 44.3 Å². The molecule has 0 atom stereocenters. The summed E-state index contributed by atoms with van der Waals surface area (Å²) in [7, 11) is 1.61. The zero-order valence-corrected chi connectivity index (χ0v) is 35.8. The minimum Gasteiger partial charge on any atom is -0.496 e. The molecule has 0 spiro atoms. The van der Waals surface area contributed by atoms with Crippen molar-refractivity contribution in [3.8, 4) is 22.6 Å². The minimum absolute atomic E-state index is 0.0513. The molecule has 2 N–H and O–H groups in total. The van der Waals surface area contributed by atoms with Gasteiger partial charge in [-0.25, -0.2) is 0 Å². The summed E-state index contributed by atoms with van der Waals surface area (Å²) in [5.74, 6) is 1.11. The topological polar surface area (TPSA) is 93.0 Å². The first-order valence-electron chi connectivity index (χ1n) is 22.8. The predicted octanol–water partition coefficient (Wildman–Crippen LogP) is 11.2. The summed E-state index contributed by atoms with van der Waals surface area (Å²) in [5, 5.41) is 11.7. The molecule has 8 rings (SSSR count). The van der Waals surface area contributed by atoms with Crippen LogP contribution in [0, 0.1) is 0 Å². The largest absolute Gasteiger partial charge is 0.496 e. The van der Waals surface area contributed by atoms with Crippen molar-refractivity contribution in [1.29, 1.82) is 0 Å². The number of carbonyl (C=O) groups is 2. The quantitative estimate of drug-likeness (QED) is 0.0553. The number of nitrogens with zero attached hydrogens (tertiary/aromatic N) is 1. The molecule has 0 aliphatic carbocycles. The van der Waals surface area contributed by atoms with Crippen LogP contribution in [0.4, 0.5) is 0 Å². The average Bonchev–Trinajstić information content (AvgIpc) is 3.77. The third kappa shape index (κ3) is 11.0. The number of ether oxygens (including phenoxy) is 2. The number of hydrogen-bond acceptors (Lipinski definition) is 6. The molecule has 320 valence electrons. The molecule has 63 heavy (non-hydrogen) atoms. The van der Waals surface area contributed by atoms with Crippen molar-refractivity contribution in [1.82, 2.24) is 15.5 Å². The Balaban J connectivity index is 0.788. The standard InChI is InChI=1S/C55H55N3O5/c1-61-53-37-46(62-35-12-23-54(59)57-33-13-32-56-31-11-21-49-47-18-7-5-16-43(47)36-44-17-6-8-19-48(44)49)29-28-45(53)38-58(34-30-40-14-3-2-4-15-40)55(60)42-26-24-41(25-27-42)51-39-63-52-22-10-9-20-50(51)52/h2-10,14-20,22,24-29,36-37,39,56H,11-13,21,23,30-35,38H2,1H3,(H,57,59)/i11D2. The summed E-state index contributed by atoms with van der Waals surface area (Å²) < 4.78 is 35.2. The van der Waals surface area contributed by atoms with E-state index in [9.17, 15) is 9.59 Å². The summed E-state index contributed by atoms with van der Waals surface area (Å²) >= 11 is 0. The van der Waals surface area contributed by atoms with Crippen LogP contribution in [0.15, 0.2) is 162 Å². The summed E-state index contributed by atoms with van der Waals surface area (Å²) in [5.41, 5.74) is 6.41. The molecule has 0 aliphatic heterocycles. The summed E-state index contributed by atoms with van der Waals surface area (Å²) in [4.78, 5) is 28.6. The second-order valence-electron chi connectivity index (χ2n) is 15.7. The first-order chi connectivity index (χ1) is 31.7. The smallest absolute Gasteiger partial charge is 0.254 e. The van der Waals surface area contributed by atoms with Gasteiger partial charge in [-0.15, -0.1) is 0 Å². The molecular weight excluding hydrogens is 783 g/mol. The van der Waals surface area contributed by atoms with Crippen LogP contribution in [0.5, 0.6) is 11.5 Å². The second-order valence-corrected chi connectivity index (χ2v) is 15.7. The third-order valence-corrected chi connectivity index (χ3v) is 11.4. The molecule has 0 aliphatic rings. The monoisotopic (exact) mass is 839 g/mol. The number of hydrogen-bond donors (Lipinski definition) is 2. The summed E-state index contributed by atoms with van der Waals surface area (Å²) in [6, 6.07) is 49.9. The van der Waals surface area contributed by atoms with Gasteiger partial charge in [-0.3, -0.25) is 9.59 Å². The van der Waals surface area contributed by atoms with Crippen molar-refractivity contribution in [2.24, 2.45) is 0 Å². The fraction of sp³-hybridized carbons (Fsp3) is 0.236. The average molecular weight is 840 g/mol. The number of para-hydroxylation sites is 1. The molecular formula is C55H55N3O5. The number of nitrogens with one attached hydrogen (secondary N) is 2. The van der Waals surface area contributed by atoms with Gasteiger partial charge in [0.05, 0.1) is 20.0 Å². The van der Waals surface area contributed by atoms with E-state index in [-0.39, 0.29) is 18.4 Å². The molecule has 0 saturated heterocycles. The Morgan fingerprint density at radius 1 is 0.714 bits per heavy atom. The van der Waals surface area contributed by atoms with E-state index in [0.29, 0.717) is 82.0 Å². The Labute approximate surface area is 372 Å². The number of fused-ring (bicyclic) bond motifs is 3. The van der Waals surface area contributed by atoms with Gasteiger partial charge in [-0.2, -0.15) is 0 Å².